The number of rotatable bonds is 12. The van der Waals surface area contributed by atoms with Crippen LogP contribution in [-0.2, 0) is 19.2 Å². The molecule has 140 valence electrons. The molecule has 26 heavy (non-hydrogen) atoms. The number of aliphatic carboxylic acids is 4. The third-order valence-electron chi connectivity index (χ3n) is 2.42. The summed E-state index contributed by atoms with van der Waals surface area (Å²) in [4.78, 5) is 42.2. The molecule has 12 nitrogen and oxygen atoms in total. The summed E-state index contributed by atoms with van der Waals surface area (Å²) in [6.07, 6.45) is -1.43. The minimum absolute atomic E-state index is 0. The van der Waals surface area contributed by atoms with E-state index in [2.05, 4.69) is 10.6 Å². The number of carbonyl (C=O) groups excluding carboxylic acids is 2. The molecule has 0 aliphatic rings. The van der Waals surface area contributed by atoms with Gasteiger partial charge in [0, 0.05) is 19.6 Å². The fourth-order valence-electron chi connectivity index (χ4n) is 1.62. The largest absolute Gasteiger partial charge is 1.00 e. The molecule has 0 fully saturated rings. The second kappa shape index (κ2) is 19.5. The molecule has 0 atom stereocenters. The minimum atomic E-state index is -1.66. The van der Waals surface area contributed by atoms with Gasteiger partial charge >= 0.3 is 71.1 Å². The van der Waals surface area contributed by atoms with Gasteiger partial charge < -0.3 is 50.9 Å². The summed E-state index contributed by atoms with van der Waals surface area (Å²) in [5.41, 5.74) is -1.66. The number of aliphatic hydroxyl groups is 2. The monoisotopic (exact) mass is 398 g/mol. The molecule has 0 aliphatic heterocycles. The van der Waals surface area contributed by atoms with E-state index in [0.29, 0.717) is 0 Å². The molecule has 6 N–H and O–H groups in total. The number of carboxylic acids is 4. The molecule has 0 aromatic heterocycles. The van der Waals surface area contributed by atoms with Crippen molar-refractivity contribution >= 4 is 23.9 Å². The van der Waals surface area contributed by atoms with Gasteiger partial charge in [-0.05, 0) is 0 Å². The van der Waals surface area contributed by atoms with Crippen molar-refractivity contribution in [1.29, 1.82) is 0 Å². The van der Waals surface area contributed by atoms with E-state index in [1.54, 1.807) is 0 Å². The standard InChI is InChI=1S/C10H16N2O8.C2H6O2.2Na/c13-6(14)1-10(2-7(15)16,12-4-9(19)20)5-11-3-8(17)18;3-1-2-4;;/h11-12H,1-5H2,(H,13,14)(H,15,16)(H,17,18)(H,19,20);3-4H,1-2H2;;/q;;2*+1/p-2. The van der Waals surface area contributed by atoms with E-state index in [9.17, 15) is 29.4 Å². The molecule has 0 radical (unpaired) electrons. The zero-order chi connectivity index (χ0) is 19.2. The van der Waals surface area contributed by atoms with Crippen LogP contribution in [-0.4, -0.2) is 82.7 Å². The van der Waals surface area contributed by atoms with Crippen LogP contribution in [0.15, 0.2) is 0 Å². The average Bonchev–Trinajstić information content (AvgIpc) is 2.43. The molecular formula is C12H20N2Na2O10. The molecule has 0 bridgehead atoms. The average molecular weight is 398 g/mol. The topological polar surface area (TPSA) is 219 Å². The van der Waals surface area contributed by atoms with Crippen molar-refractivity contribution in [1.82, 2.24) is 10.6 Å². The molecule has 0 aromatic carbocycles. The van der Waals surface area contributed by atoms with Crippen LogP contribution >= 0.6 is 0 Å². The van der Waals surface area contributed by atoms with E-state index in [1.807, 2.05) is 0 Å². The van der Waals surface area contributed by atoms with Crippen LogP contribution in [0.2, 0.25) is 0 Å². The Morgan fingerprint density at radius 2 is 1.19 bits per heavy atom. The molecule has 0 spiro atoms. The first-order chi connectivity index (χ1) is 11.1. The van der Waals surface area contributed by atoms with E-state index >= 15 is 0 Å². The van der Waals surface area contributed by atoms with Gasteiger partial charge in [0.15, 0.2) is 0 Å². The van der Waals surface area contributed by atoms with Crippen LogP contribution in [0.4, 0.5) is 0 Å². The van der Waals surface area contributed by atoms with Gasteiger partial charge in [0.25, 0.3) is 0 Å². The Bertz CT molecular complexity index is 418. The molecule has 0 saturated heterocycles. The molecule has 0 saturated carbocycles. The Morgan fingerprint density at radius 3 is 1.46 bits per heavy atom. The number of carboxylic acid groups (broad SMARTS) is 4. The zero-order valence-corrected chi connectivity index (χ0v) is 18.7. The summed E-state index contributed by atoms with van der Waals surface area (Å²) < 4.78 is 0. The van der Waals surface area contributed by atoms with Gasteiger partial charge in [0.2, 0.25) is 0 Å². The molecule has 0 rings (SSSR count). The minimum Gasteiger partial charge on any atom is -0.549 e. The quantitative estimate of drug-likeness (QED) is 0.169. The summed E-state index contributed by atoms with van der Waals surface area (Å²) in [5.74, 6) is -5.76. The summed E-state index contributed by atoms with van der Waals surface area (Å²) >= 11 is 0. The smallest absolute Gasteiger partial charge is 0.549 e. The Labute approximate surface area is 193 Å². The van der Waals surface area contributed by atoms with Crippen molar-refractivity contribution in [2.45, 2.75) is 18.4 Å². The van der Waals surface area contributed by atoms with Crippen LogP contribution < -0.4 is 80.0 Å². The van der Waals surface area contributed by atoms with Gasteiger partial charge in [0.1, 0.15) is 0 Å². The second-order valence-electron chi connectivity index (χ2n) is 4.57. The molecule has 0 aliphatic carbocycles. The van der Waals surface area contributed by atoms with Crippen molar-refractivity contribution in [3.63, 3.8) is 0 Å². The first-order valence-corrected chi connectivity index (χ1v) is 6.59. The van der Waals surface area contributed by atoms with E-state index in [0.717, 1.165) is 0 Å². The van der Waals surface area contributed by atoms with Crippen LogP contribution in [0.3, 0.4) is 0 Å². The van der Waals surface area contributed by atoms with Gasteiger partial charge in [-0.2, -0.15) is 0 Å². The van der Waals surface area contributed by atoms with Crippen LogP contribution in [0, 0.1) is 0 Å². The predicted molar refractivity (Wildman–Crippen MR) is 72.3 cm³/mol. The third kappa shape index (κ3) is 21.8. The fraction of sp³-hybridized carbons (Fsp3) is 0.667. The molecule has 0 unspecified atom stereocenters. The normalized spacial score (nSPS) is 9.62. The Balaban J connectivity index is -0.000000363. The third-order valence-corrected chi connectivity index (χ3v) is 2.42. The van der Waals surface area contributed by atoms with Crippen molar-refractivity contribution in [2.24, 2.45) is 0 Å². The molecule has 0 amide bonds. The van der Waals surface area contributed by atoms with Crippen molar-refractivity contribution in [2.75, 3.05) is 32.8 Å². The van der Waals surface area contributed by atoms with E-state index in [4.69, 9.17) is 20.4 Å². The van der Waals surface area contributed by atoms with Gasteiger partial charge in [-0.15, -0.1) is 0 Å². The number of aliphatic hydroxyl groups excluding tert-OH is 2. The van der Waals surface area contributed by atoms with Gasteiger partial charge in [-0.25, -0.2) is 0 Å². The summed E-state index contributed by atoms with van der Waals surface area (Å²) in [7, 11) is 0. The number of nitrogens with one attached hydrogen (secondary N) is 2. The summed E-state index contributed by atoms with van der Waals surface area (Å²) in [6, 6.07) is 0. The van der Waals surface area contributed by atoms with Gasteiger partial charge in [-0.1, -0.05) is 0 Å². The van der Waals surface area contributed by atoms with Crippen LogP contribution in [0.25, 0.3) is 0 Å². The first-order valence-electron chi connectivity index (χ1n) is 6.59. The Kier molecular flexibility index (Phi) is 25.0. The molecule has 14 heteroatoms. The van der Waals surface area contributed by atoms with Crippen molar-refractivity contribution in [3.8, 4) is 0 Å². The van der Waals surface area contributed by atoms with Crippen LogP contribution in [0.1, 0.15) is 12.8 Å². The Hall–Kier alpha value is -0.280. The second-order valence-corrected chi connectivity index (χ2v) is 4.57. The molecule has 0 aromatic rings. The van der Waals surface area contributed by atoms with Gasteiger partial charge in [-0.3, -0.25) is 9.59 Å². The van der Waals surface area contributed by atoms with E-state index in [-0.39, 0.29) is 78.9 Å². The maximum atomic E-state index is 10.8. The van der Waals surface area contributed by atoms with E-state index < -0.39 is 55.3 Å². The van der Waals surface area contributed by atoms with Crippen molar-refractivity contribution < 1.29 is 109 Å². The number of hydrogen-bond donors (Lipinski definition) is 6. The number of hydrogen-bond acceptors (Lipinski definition) is 10. The summed E-state index contributed by atoms with van der Waals surface area (Å²) in [5, 5.41) is 58.1. The SMILES string of the molecule is O=C([O-])CNCC(CC(=O)O)(CC(=O)O)NCC(=O)[O-].OCCO.[Na+].[Na+]. The van der Waals surface area contributed by atoms with Crippen LogP contribution in [0.5, 0.6) is 0 Å². The fourth-order valence-corrected chi connectivity index (χ4v) is 1.62. The van der Waals surface area contributed by atoms with Gasteiger partial charge in [0.05, 0.1) is 43.5 Å². The van der Waals surface area contributed by atoms with E-state index in [1.165, 1.54) is 0 Å². The van der Waals surface area contributed by atoms with Crippen molar-refractivity contribution in [3.05, 3.63) is 0 Å². The molecular weight excluding hydrogens is 378 g/mol. The maximum Gasteiger partial charge on any atom is 1.00 e. The molecule has 0 heterocycles. The zero-order valence-electron chi connectivity index (χ0n) is 14.7. The summed E-state index contributed by atoms with van der Waals surface area (Å²) in [6.45, 7) is -2.03. The maximum absolute atomic E-state index is 10.8. The number of carbonyl (C=O) groups is 4. The predicted octanol–water partition coefficient (Wildman–Crippen LogP) is -11.7. The first kappa shape index (κ1) is 33.3. The Morgan fingerprint density at radius 1 is 0.808 bits per heavy atom.